The third kappa shape index (κ3) is 10.3. The first kappa shape index (κ1) is 26.2. The van der Waals surface area contributed by atoms with Gasteiger partial charge >= 0.3 is 6.18 Å². The van der Waals surface area contributed by atoms with Crippen LogP contribution in [-0.2, 0) is 35.8 Å². The molecule has 30 heavy (non-hydrogen) atoms. The van der Waals surface area contributed by atoms with Crippen molar-refractivity contribution in [3.63, 3.8) is 0 Å². The van der Waals surface area contributed by atoms with E-state index in [9.17, 15) is 13.2 Å². The smallest absolute Gasteiger partial charge is 0.380 e. The molecule has 2 rings (SSSR count). The number of ether oxygens (including phenoxy) is 2. The maximum atomic E-state index is 12.1. The summed E-state index contributed by atoms with van der Waals surface area (Å²) in [5.41, 5.74) is 3.89. The van der Waals surface area contributed by atoms with Crippen LogP contribution in [-0.4, -0.2) is 32.9 Å². The van der Waals surface area contributed by atoms with Crippen LogP contribution in [0.2, 0.25) is 0 Å². The van der Waals surface area contributed by atoms with E-state index in [0.717, 1.165) is 16.7 Å². The molecule has 0 aromatic heterocycles. The summed E-state index contributed by atoms with van der Waals surface area (Å²) in [7, 11) is 3.36. The van der Waals surface area contributed by atoms with Crippen molar-refractivity contribution in [3.8, 4) is 0 Å². The molecule has 0 spiro atoms. The van der Waals surface area contributed by atoms with Crippen LogP contribution in [0, 0.1) is 0 Å². The zero-order valence-electron chi connectivity index (χ0n) is 17.0. The largest absolute Gasteiger partial charge is 0.411 e. The number of rotatable bonds is 9. The van der Waals surface area contributed by atoms with Gasteiger partial charge in [0, 0.05) is 27.2 Å². The van der Waals surface area contributed by atoms with Gasteiger partial charge in [0.25, 0.3) is 0 Å². The molecule has 2 N–H and O–H groups in total. The lowest BCUT2D eigenvalue weighted by molar-refractivity contribution is -0.176. The second-order valence-corrected chi connectivity index (χ2v) is 6.46. The molecule has 0 aliphatic heterocycles. The van der Waals surface area contributed by atoms with Gasteiger partial charge in [-0.05, 0) is 22.3 Å². The summed E-state index contributed by atoms with van der Waals surface area (Å²) in [6.07, 6.45) is -4.31. The van der Waals surface area contributed by atoms with Crippen molar-refractivity contribution in [2.75, 3.05) is 20.8 Å². The van der Waals surface area contributed by atoms with Crippen molar-refractivity contribution in [2.24, 2.45) is 4.99 Å². The minimum atomic E-state index is -4.31. The average molecular weight is 537 g/mol. The third-order valence-corrected chi connectivity index (χ3v) is 4.00. The molecular weight excluding hydrogens is 510 g/mol. The van der Waals surface area contributed by atoms with Crippen LogP contribution in [0.25, 0.3) is 0 Å². The molecule has 0 aliphatic rings. The van der Waals surface area contributed by atoms with E-state index in [1.165, 1.54) is 0 Å². The van der Waals surface area contributed by atoms with Crippen LogP contribution in [0.1, 0.15) is 22.3 Å². The molecule has 0 unspecified atom stereocenters. The lowest BCUT2D eigenvalue weighted by Crippen LogP contribution is -2.36. The first-order valence-electron chi connectivity index (χ1n) is 9.13. The number of benzene rings is 2. The van der Waals surface area contributed by atoms with E-state index in [1.54, 1.807) is 26.3 Å². The van der Waals surface area contributed by atoms with Crippen molar-refractivity contribution in [1.29, 1.82) is 0 Å². The SMILES string of the molecule is CN=C(NCc1ccc(COCC(F)(F)F)cc1)NCc1cccc(COC)c1.I. The van der Waals surface area contributed by atoms with Gasteiger partial charge in [-0.25, -0.2) is 0 Å². The highest BCUT2D eigenvalue weighted by atomic mass is 127. The minimum absolute atomic E-state index is 0. The number of hydrogen-bond donors (Lipinski definition) is 2. The van der Waals surface area contributed by atoms with Gasteiger partial charge in [0.05, 0.1) is 13.2 Å². The monoisotopic (exact) mass is 537 g/mol. The quantitative estimate of drug-likeness (QED) is 0.283. The van der Waals surface area contributed by atoms with Crippen molar-refractivity contribution in [1.82, 2.24) is 10.6 Å². The van der Waals surface area contributed by atoms with Gasteiger partial charge in [-0.3, -0.25) is 4.99 Å². The Hall–Kier alpha value is -1.85. The van der Waals surface area contributed by atoms with Gasteiger partial charge in [-0.15, -0.1) is 24.0 Å². The molecule has 166 valence electrons. The predicted molar refractivity (Wildman–Crippen MR) is 122 cm³/mol. The predicted octanol–water partition coefficient (Wildman–Crippen LogP) is 4.40. The highest BCUT2D eigenvalue weighted by Gasteiger charge is 2.27. The fourth-order valence-electron chi connectivity index (χ4n) is 2.63. The van der Waals surface area contributed by atoms with Gasteiger partial charge < -0.3 is 20.1 Å². The summed E-state index contributed by atoms with van der Waals surface area (Å²) in [6, 6.07) is 15.3. The maximum absolute atomic E-state index is 12.1. The van der Waals surface area contributed by atoms with Gasteiger partial charge in [0.1, 0.15) is 6.61 Å². The Balaban J connectivity index is 0.00000450. The van der Waals surface area contributed by atoms with Crippen LogP contribution in [0.5, 0.6) is 0 Å². The summed E-state index contributed by atoms with van der Waals surface area (Å²) >= 11 is 0. The molecule has 0 heterocycles. The first-order chi connectivity index (χ1) is 13.9. The van der Waals surface area contributed by atoms with E-state index in [4.69, 9.17) is 4.74 Å². The fraction of sp³-hybridized carbons (Fsp3) is 0.381. The number of alkyl halides is 3. The zero-order valence-corrected chi connectivity index (χ0v) is 19.3. The molecular formula is C21H27F3IN3O2. The Morgan fingerprint density at radius 1 is 0.900 bits per heavy atom. The van der Waals surface area contributed by atoms with Crippen molar-refractivity contribution in [3.05, 3.63) is 70.8 Å². The summed E-state index contributed by atoms with van der Waals surface area (Å²) < 4.78 is 46.1. The average Bonchev–Trinajstić information content (AvgIpc) is 2.69. The Kier molecular flexibility index (Phi) is 11.7. The highest BCUT2D eigenvalue weighted by molar-refractivity contribution is 14.0. The molecule has 0 aliphatic carbocycles. The Morgan fingerprint density at radius 2 is 1.50 bits per heavy atom. The van der Waals surface area contributed by atoms with Crippen molar-refractivity contribution < 1.29 is 22.6 Å². The van der Waals surface area contributed by atoms with Gasteiger partial charge in [-0.1, -0.05) is 48.5 Å². The highest BCUT2D eigenvalue weighted by Crippen LogP contribution is 2.15. The van der Waals surface area contributed by atoms with Crippen LogP contribution in [0.3, 0.4) is 0 Å². The number of nitrogens with zero attached hydrogens (tertiary/aromatic N) is 1. The number of hydrogen-bond acceptors (Lipinski definition) is 3. The second-order valence-electron chi connectivity index (χ2n) is 6.46. The lowest BCUT2D eigenvalue weighted by Gasteiger charge is -2.13. The molecule has 0 amide bonds. The number of nitrogens with one attached hydrogen (secondary N) is 2. The van der Waals surface area contributed by atoms with E-state index in [0.29, 0.717) is 31.2 Å². The molecule has 0 saturated carbocycles. The summed E-state index contributed by atoms with van der Waals surface area (Å²) in [6.45, 7) is 0.406. The van der Waals surface area contributed by atoms with Crippen LogP contribution in [0.15, 0.2) is 53.5 Å². The van der Waals surface area contributed by atoms with Crippen LogP contribution >= 0.6 is 24.0 Å². The minimum Gasteiger partial charge on any atom is -0.380 e. The van der Waals surface area contributed by atoms with Crippen LogP contribution < -0.4 is 10.6 Å². The van der Waals surface area contributed by atoms with E-state index < -0.39 is 12.8 Å². The molecule has 0 atom stereocenters. The summed E-state index contributed by atoms with van der Waals surface area (Å²) in [5, 5.41) is 6.46. The maximum Gasteiger partial charge on any atom is 0.411 e. The molecule has 2 aromatic carbocycles. The molecule has 0 bridgehead atoms. The second kappa shape index (κ2) is 13.5. The molecule has 0 fully saturated rings. The van der Waals surface area contributed by atoms with E-state index in [2.05, 4.69) is 26.4 Å². The third-order valence-electron chi connectivity index (χ3n) is 4.00. The summed E-state index contributed by atoms with van der Waals surface area (Å²) in [4.78, 5) is 4.20. The van der Waals surface area contributed by atoms with E-state index >= 15 is 0 Å². The molecule has 9 heteroatoms. The normalized spacial score (nSPS) is 11.7. The number of guanidine groups is 1. The van der Waals surface area contributed by atoms with Gasteiger partial charge in [0.2, 0.25) is 0 Å². The molecule has 0 radical (unpaired) electrons. The Morgan fingerprint density at radius 3 is 2.10 bits per heavy atom. The Bertz CT molecular complexity index is 784. The number of methoxy groups -OCH3 is 1. The van der Waals surface area contributed by atoms with Crippen LogP contribution in [0.4, 0.5) is 13.2 Å². The van der Waals surface area contributed by atoms with Crippen molar-refractivity contribution >= 4 is 29.9 Å². The fourth-order valence-corrected chi connectivity index (χ4v) is 2.63. The van der Waals surface area contributed by atoms with Gasteiger partial charge in [0.15, 0.2) is 5.96 Å². The molecule has 0 saturated heterocycles. The first-order valence-corrected chi connectivity index (χ1v) is 9.13. The number of aliphatic imine (C=N–C) groups is 1. The number of halogens is 4. The molecule has 5 nitrogen and oxygen atoms in total. The zero-order chi connectivity index (χ0) is 21.1. The standard InChI is InChI=1S/C21H26F3N3O2.HI/c1-25-20(27-12-18-4-3-5-19(10-18)13-28-2)26-11-16-6-8-17(9-7-16)14-29-15-21(22,23)24;/h3-10H,11-15H2,1-2H3,(H2,25,26,27);1H. The van der Waals surface area contributed by atoms with E-state index in [-0.39, 0.29) is 30.6 Å². The molecule has 2 aromatic rings. The van der Waals surface area contributed by atoms with Gasteiger partial charge in [-0.2, -0.15) is 13.2 Å². The van der Waals surface area contributed by atoms with E-state index in [1.807, 2.05) is 30.3 Å². The lowest BCUT2D eigenvalue weighted by atomic mass is 10.1. The summed E-state index contributed by atoms with van der Waals surface area (Å²) in [5.74, 6) is 0.653. The van der Waals surface area contributed by atoms with Crippen molar-refractivity contribution in [2.45, 2.75) is 32.5 Å². The Labute approximate surface area is 192 Å². The topological polar surface area (TPSA) is 54.9 Å².